The quantitative estimate of drug-likeness (QED) is 0.464. The zero-order chi connectivity index (χ0) is 21.3. The minimum absolute atomic E-state index is 0.144. The van der Waals surface area contributed by atoms with Crippen LogP contribution in [0.4, 0.5) is 5.82 Å². The van der Waals surface area contributed by atoms with Crippen molar-refractivity contribution in [2.75, 3.05) is 5.32 Å². The van der Waals surface area contributed by atoms with Crippen molar-refractivity contribution in [2.45, 2.75) is 31.1 Å². The lowest BCUT2D eigenvalue weighted by atomic mass is 9.89. The molecule has 0 bridgehead atoms. The van der Waals surface area contributed by atoms with E-state index in [0.29, 0.717) is 5.82 Å². The molecule has 2 aromatic carbocycles. The topological polar surface area (TPSA) is 87.7 Å². The summed E-state index contributed by atoms with van der Waals surface area (Å²) in [6, 6.07) is 17.8. The monoisotopic (exact) mass is 410 g/mol. The van der Waals surface area contributed by atoms with Crippen molar-refractivity contribution < 1.29 is 9.59 Å². The summed E-state index contributed by atoms with van der Waals surface area (Å²) in [5.41, 5.74) is 2.71. The number of benzene rings is 2. The first-order chi connectivity index (χ1) is 15.1. The largest absolute Gasteiger partial charge is 0.311 e. The lowest BCUT2D eigenvalue weighted by Crippen LogP contribution is -2.22. The van der Waals surface area contributed by atoms with Gasteiger partial charge in [-0.15, -0.1) is 0 Å². The van der Waals surface area contributed by atoms with Gasteiger partial charge in [-0.2, -0.15) is 5.10 Å². The minimum Gasteiger partial charge on any atom is -0.311 e. The molecular formula is C25H22N4O2. The van der Waals surface area contributed by atoms with Crippen LogP contribution in [0.5, 0.6) is 0 Å². The number of aromatic amines is 1. The molecule has 2 aromatic heterocycles. The summed E-state index contributed by atoms with van der Waals surface area (Å²) in [5.74, 6) is 0.429. The Morgan fingerprint density at radius 2 is 1.77 bits per heavy atom. The van der Waals surface area contributed by atoms with E-state index in [1.807, 2.05) is 60.8 Å². The van der Waals surface area contributed by atoms with Crippen LogP contribution >= 0.6 is 0 Å². The number of amides is 1. The van der Waals surface area contributed by atoms with Crippen LogP contribution in [0.2, 0.25) is 0 Å². The van der Waals surface area contributed by atoms with Gasteiger partial charge in [-0.3, -0.25) is 14.7 Å². The highest BCUT2D eigenvalue weighted by atomic mass is 16.2. The van der Waals surface area contributed by atoms with Gasteiger partial charge in [0.05, 0.1) is 11.6 Å². The predicted molar refractivity (Wildman–Crippen MR) is 120 cm³/mol. The van der Waals surface area contributed by atoms with Crippen LogP contribution in [0, 0.1) is 0 Å². The molecule has 6 heteroatoms. The Morgan fingerprint density at radius 1 is 0.935 bits per heavy atom. The van der Waals surface area contributed by atoms with Gasteiger partial charge in [-0.1, -0.05) is 42.5 Å². The zero-order valence-electron chi connectivity index (χ0n) is 17.0. The summed E-state index contributed by atoms with van der Waals surface area (Å²) in [4.78, 5) is 29.6. The summed E-state index contributed by atoms with van der Waals surface area (Å²) in [6.45, 7) is 0. The first-order valence-corrected chi connectivity index (χ1v) is 10.4. The third-order valence-corrected chi connectivity index (χ3v) is 6.01. The molecule has 1 amide bonds. The molecule has 0 unspecified atom stereocenters. The van der Waals surface area contributed by atoms with Crippen molar-refractivity contribution in [1.82, 2.24) is 15.2 Å². The predicted octanol–water partition coefficient (Wildman–Crippen LogP) is 4.64. The van der Waals surface area contributed by atoms with Gasteiger partial charge >= 0.3 is 0 Å². The van der Waals surface area contributed by atoms with Crippen LogP contribution < -0.4 is 5.32 Å². The molecule has 0 spiro atoms. The summed E-state index contributed by atoms with van der Waals surface area (Å²) >= 11 is 0. The van der Waals surface area contributed by atoms with Gasteiger partial charge in [0.25, 0.3) is 0 Å². The number of pyridine rings is 1. The fourth-order valence-corrected chi connectivity index (χ4v) is 4.08. The van der Waals surface area contributed by atoms with Crippen molar-refractivity contribution >= 4 is 28.3 Å². The minimum atomic E-state index is -0.383. The number of aromatic nitrogens is 3. The zero-order valence-corrected chi connectivity index (χ0v) is 17.0. The number of rotatable bonds is 7. The third kappa shape index (κ3) is 3.84. The number of nitrogens with one attached hydrogen (secondary N) is 2. The van der Waals surface area contributed by atoms with Crippen molar-refractivity contribution in [2.24, 2.45) is 0 Å². The fraction of sp³-hybridized carbons (Fsp3) is 0.200. The summed E-state index contributed by atoms with van der Waals surface area (Å²) in [5, 5.41) is 11.6. The smallest absolute Gasteiger partial charge is 0.225 e. The second-order valence-electron chi connectivity index (χ2n) is 8.04. The van der Waals surface area contributed by atoms with Crippen LogP contribution in [0.15, 0.2) is 73.2 Å². The van der Waals surface area contributed by atoms with Crippen LogP contribution in [-0.2, 0) is 15.0 Å². The SMILES string of the molecule is O=C(CCC(=O)C1(c2ccccc2)CC1)Nc1cc2cc(-c3cn[nH]c3)ccc2cn1. The highest BCUT2D eigenvalue weighted by Crippen LogP contribution is 2.49. The first-order valence-electron chi connectivity index (χ1n) is 10.4. The van der Waals surface area contributed by atoms with Crippen molar-refractivity contribution in [3.8, 4) is 11.1 Å². The van der Waals surface area contributed by atoms with Crippen LogP contribution in [0.1, 0.15) is 31.2 Å². The van der Waals surface area contributed by atoms with Gasteiger partial charge in [-0.05, 0) is 41.5 Å². The number of anilines is 1. The number of Topliss-reactive ketones (excluding diaryl/α,β-unsaturated/α-hetero) is 1. The molecule has 6 nitrogen and oxygen atoms in total. The van der Waals surface area contributed by atoms with E-state index >= 15 is 0 Å². The molecule has 2 heterocycles. The van der Waals surface area contributed by atoms with E-state index in [0.717, 1.165) is 40.3 Å². The molecule has 154 valence electrons. The Hall–Kier alpha value is -3.80. The van der Waals surface area contributed by atoms with E-state index in [2.05, 4.69) is 20.5 Å². The van der Waals surface area contributed by atoms with Gasteiger partial charge in [0.1, 0.15) is 11.6 Å². The Balaban J connectivity index is 1.24. The van der Waals surface area contributed by atoms with Gasteiger partial charge in [0, 0.05) is 36.2 Å². The Labute approximate surface area is 179 Å². The van der Waals surface area contributed by atoms with E-state index in [4.69, 9.17) is 0 Å². The van der Waals surface area contributed by atoms with Crippen LogP contribution in [-0.4, -0.2) is 26.9 Å². The summed E-state index contributed by atoms with van der Waals surface area (Å²) < 4.78 is 0. The average molecular weight is 410 g/mol. The first kappa shape index (κ1) is 19.2. The van der Waals surface area contributed by atoms with Gasteiger partial charge in [0.15, 0.2) is 0 Å². The van der Waals surface area contributed by atoms with E-state index in [9.17, 15) is 9.59 Å². The molecule has 1 aliphatic rings. The number of hydrogen-bond donors (Lipinski definition) is 2. The highest BCUT2D eigenvalue weighted by Gasteiger charge is 2.50. The third-order valence-electron chi connectivity index (χ3n) is 6.01. The van der Waals surface area contributed by atoms with Crippen LogP contribution in [0.25, 0.3) is 21.9 Å². The Kier molecular flexibility index (Phi) is 4.82. The number of hydrogen-bond acceptors (Lipinski definition) is 4. The number of carbonyl (C=O) groups is 2. The highest BCUT2D eigenvalue weighted by molar-refractivity contribution is 5.98. The molecule has 5 rings (SSSR count). The number of carbonyl (C=O) groups excluding carboxylic acids is 2. The molecule has 1 fully saturated rings. The van der Waals surface area contributed by atoms with Crippen molar-refractivity contribution in [3.05, 3.63) is 78.8 Å². The molecule has 0 aliphatic heterocycles. The number of H-pyrrole nitrogens is 1. The van der Waals surface area contributed by atoms with Gasteiger partial charge in [0.2, 0.25) is 5.91 Å². The fourth-order valence-electron chi connectivity index (χ4n) is 4.08. The lowest BCUT2D eigenvalue weighted by Gasteiger charge is -2.14. The molecule has 1 aliphatic carbocycles. The standard InChI is InChI=1S/C25H22N4O2/c30-22(25(10-11-25)21-4-2-1-3-5-21)8-9-24(31)29-23-13-19-12-17(20-15-27-28-16-20)6-7-18(19)14-26-23/h1-7,12-16H,8-11H2,(H,27,28)(H,26,29,31). The number of nitrogens with zero attached hydrogens (tertiary/aromatic N) is 2. The van der Waals surface area contributed by atoms with E-state index in [1.165, 1.54) is 0 Å². The van der Waals surface area contributed by atoms with E-state index in [-0.39, 0.29) is 29.9 Å². The number of ketones is 1. The van der Waals surface area contributed by atoms with Gasteiger partial charge in [-0.25, -0.2) is 4.98 Å². The Morgan fingerprint density at radius 3 is 2.52 bits per heavy atom. The average Bonchev–Trinajstić information content (AvgIpc) is 3.44. The number of fused-ring (bicyclic) bond motifs is 1. The second-order valence-corrected chi connectivity index (χ2v) is 8.04. The maximum atomic E-state index is 12.8. The van der Waals surface area contributed by atoms with Gasteiger partial charge < -0.3 is 5.32 Å². The molecule has 0 saturated heterocycles. The molecule has 4 aromatic rings. The maximum Gasteiger partial charge on any atom is 0.225 e. The molecule has 0 atom stereocenters. The van der Waals surface area contributed by atoms with Crippen molar-refractivity contribution in [3.63, 3.8) is 0 Å². The second kappa shape index (κ2) is 7.80. The maximum absolute atomic E-state index is 12.8. The van der Waals surface area contributed by atoms with E-state index < -0.39 is 0 Å². The molecule has 2 N–H and O–H groups in total. The lowest BCUT2D eigenvalue weighted by molar-refractivity contribution is -0.124. The van der Waals surface area contributed by atoms with E-state index in [1.54, 1.807) is 12.4 Å². The Bertz CT molecular complexity index is 1250. The molecule has 1 saturated carbocycles. The van der Waals surface area contributed by atoms with Crippen LogP contribution in [0.3, 0.4) is 0 Å². The van der Waals surface area contributed by atoms with Crippen molar-refractivity contribution in [1.29, 1.82) is 0 Å². The molecule has 31 heavy (non-hydrogen) atoms. The molecule has 0 radical (unpaired) electrons. The summed E-state index contributed by atoms with van der Waals surface area (Å²) in [6.07, 6.45) is 7.46. The summed E-state index contributed by atoms with van der Waals surface area (Å²) in [7, 11) is 0. The normalized spacial score (nSPS) is 14.3. The molecular weight excluding hydrogens is 388 g/mol.